The van der Waals surface area contributed by atoms with Crippen LogP contribution in [0.2, 0.25) is 0 Å². The highest BCUT2D eigenvalue weighted by Crippen LogP contribution is 2.37. The SMILES string of the molecule is CCC1NC2(CCCC2)C(=O)N1CC1CCCN1CC. The van der Waals surface area contributed by atoms with Crippen molar-refractivity contribution in [1.29, 1.82) is 0 Å². The van der Waals surface area contributed by atoms with Gasteiger partial charge in [-0.15, -0.1) is 0 Å². The number of nitrogens with one attached hydrogen (secondary N) is 1. The van der Waals surface area contributed by atoms with Crippen LogP contribution in [0.15, 0.2) is 0 Å². The molecule has 2 atom stereocenters. The van der Waals surface area contributed by atoms with Gasteiger partial charge in [0, 0.05) is 12.6 Å². The fourth-order valence-corrected chi connectivity index (χ4v) is 4.49. The van der Waals surface area contributed by atoms with Crippen molar-refractivity contribution in [3.05, 3.63) is 0 Å². The molecule has 3 rings (SSSR count). The summed E-state index contributed by atoms with van der Waals surface area (Å²) in [5, 5.41) is 3.68. The molecular weight excluding hydrogens is 250 g/mol. The summed E-state index contributed by atoms with van der Waals surface area (Å²) in [6.45, 7) is 7.68. The topological polar surface area (TPSA) is 35.6 Å². The summed E-state index contributed by atoms with van der Waals surface area (Å²) < 4.78 is 0. The minimum Gasteiger partial charge on any atom is -0.324 e. The van der Waals surface area contributed by atoms with Crippen LogP contribution in [-0.4, -0.2) is 53.1 Å². The van der Waals surface area contributed by atoms with Crippen LogP contribution in [-0.2, 0) is 4.79 Å². The molecule has 2 heterocycles. The second-order valence-corrected chi connectivity index (χ2v) is 6.74. The lowest BCUT2D eigenvalue weighted by Gasteiger charge is -2.30. The van der Waals surface area contributed by atoms with Gasteiger partial charge in [0.05, 0.1) is 11.7 Å². The van der Waals surface area contributed by atoms with Crippen molar-refractivity contribution in [3.8, 4) is 0 Å². The molecule has 3 aliphatic rings. The Morgan fingerprint density at radius 1 is 1.25 bits per heavy atom. The molecule has 2 unspecified atom stereocenters. The van der Waals surface area contributed by atoms with Crippen molar-refractivity contribution in [3.63, 3.8) is 0 Å². The molecule has 114 valence electrons. The van der Waals surface area contributed by atoms with Gasteiger partial charge in [0.1, 0.15) is 0 Å². The Morgan fingerprint density at radius 2 is 2.00 bits per heavy atom. The van der Waals surface area contributed by atoms with Gasteiger partial charge in [-0.05, 0) is 45.2 Å². The summed E-state index contributed by atoms with van der Waals surface area (Å²) >= 11 is 0. The quantitative estimate of drug-likeness (QED) is 0.854. The van der Waals surface area contributed by atoms with E-state index >= 15 is 0 Å². The van der Waals surface area contributed by atoms with Crippen LogP contribution in [0.1, 0.15) is 58.8 Å². The number of hydrogen-bond donors (Lipinski definition) is 1. The minimum atomic E-state index is -0.198. The van der Waals surface area contributed by atoms with Gasteiger partial charge < -0.3 is 4.90 Å². The Labute approximate surface area is 122 Å². The van der Waals surface area contributed by atoms with Gasteiger partial charge >= 0.3 is 0 Å². The molecule has 1 aliphatic carbocycles. The van der Waals surface area contributed by atoms with Crippen molar-refractivity contribution < 1.29 is 4.79 Å². The van der Waals surface area contributed by atoms with E-state index in [9.17, 15) is 4.79 Å². The number of carbonyl (C=O) groups excluding carboxylic acids is 1. The number of likely N-dealkylation sites (tertiary alicyclic amines) is 1. The van der Waals surface area contributed by atoms with E-state index in [1.54, 1.807) is 0 Å². The summed E-state index contributed by atoms with van der Waals surface area (Å²) in [5.41, 5.74) is -0.198. The molecule has 20 heavy (non-hydrogen) atoms. The van der Waals surface area contributed by atoms with E-state index in [-0.39, 0.29) is 11.7 Å². The smallest absolute Gasteiger partial charge is 0.244 e. The lowest BCUT2D eigenvalue weighted by molar-refractivity contribution is -0.133. The van der Waals surface area contributed by atoms with Crippen LogP contribution >= 0.6 is 0 Å². The summed E-state index contributed by atoms with van der Waals surface area (Å²) in [6, 6.07) is 0.580. The standard InChI is InChI=1S/C16H29N3O/c1-3-14-17-16(9-5-6-10-16)15(20)19(14)12-13-8-7-11-18(13)4-2/h13-14,17H,3-12H2,1-2H3. The van der Waals surface area contributed by atoms with Gasteiger partial charge in [0.25, 0.3) is 0 Å². The summed E-state index contributed by atoms with van der Waals surface area (Å²) in [6.07, 6.45) is 8.31. The molecule has 0 aromatic carbocycles. The van der Waals surface area contributed by atoms with E-state index in [0.29, 0.717) is 11.9 Å². The van der Waals surface area contributed by atoms with Gasteiger partial charge in [0.2, 0.25) is 5.91 Å². The third-order valence-electron chi connectivity index (χ3n) is 5.65. The van der Waals surface area contributed by atoms with Crippen LogP contribution in [0.5, 0.6) is 0 Å². The lowest BCUT2D eigenvalue weighted by atomic mass is 9.98. The average molecular weight is 279 g/mol. The number of amides is 1. The molecule has 1 N–H and O–H groups in total. The van der Waals surface area contributed by atoms with Crippen LogP contribution < -0.4 is 5.32 Å². The largest absolute Gasteiger partial charge is 0.324 e. The maximum atomic E-state index is 12.9. The molecule has 1 saturated carbocycles. The first kappa shape index (κ1) is 14.3. The van der Waals surface area contributed by atoms with Gasteiger partial charge in [-0.1, -0.05) is 26.7 Å². The second-order valence-electron chi connectivity index (χ2n) is 6.74. The molecule has 0 aromatic rings. The first-order chi connectivity index (χ1) is 9.70. The minimum absolute atomic E-state index is 0.198. The molecule has 4 nitrogen and oxygen atoms in total. The number of likely N-dealkylation sites (N-methyl/N-ethyl adjacent to an activating group) is 1. The maximum absolute atomic E-state index is 12.9. The van der Waals surface area contributed by atoms with E-state index in [1.807, 2.05) is 0 Å². The highest BCUT2D eigenvalue weighted by molar-refractivity contribution is 5.89. The highest BCUT2D eigenvalue weighted by Gasteiger charge is 2.52. The zero-order valence-corrected chi connectivity index (χ0v) is 13.0. The number of rotatable bonds is 4. The number of carbonyl (C=O) groups is 1. The van der Waals surface area contributed by atoms with Gasteiger partial charge in [0.15, 0.2) is 0 Å². The van der Waals surface area contributed by atoms with Gasteiger partial charge in [-0.3, -0.25) is 15.0 Å². The van der Waals surface area contributed by atoms with E-state index in [1.165, 1.54) is 32.2 Å². The third kappa shape index (κ3) is 2.27. The van der Waals surface area contributed by atoms with E-state index < -0.39 is 0 Å². The molecule has 4 heteroatoms. The molecule has 2 saturated heterocycles. The second kappa shape index (κ2) is 5.64. The number of hydrogen-bond acceptors (Lipinski definition) is 3. The normalized spacial score (nSPS) is 33.7. The van der Waals surface area contributed by atoms with E-state index in [4.69, 9.17) is 0 Å². The molecule has 0 bridgehead atoms. The lowest BCUT2D eigenvalue weighted by Crippen LogP contribution is -2.46. The van der Waals surface area contributed by atoms with E-state index in [2.05, 4.69) is 29.0 Å². The van der Waals surface area contributed by atoms with Crippen molar-refractivity contribution in [2.24, 2.45) is 0 Å². The zero-order chi connectivity index (χ0) is 14.2. The predicted octanol–water partition coefficient (Wildman–Crippen LogP) is 1.95. The first-order valence-corrected chi connectivity index (χ1v) is 8.53. The molecule has 2 aliphatic heterocycles. The molecule has 1 amide bonds. The van der Waals surface area contributed by atoms with Crippen molar-refractivity contribution in [2.75, 3.05) is 19.6 Å². The number of nitrogens with zero attached hydrogens (tertiary/aromatic N) is 2. The van der Waals surface area contributed by atoms with Gasteiger partial charge in [-0.25, -0.2) is 0 Å². The predicted molar refractivity (Wildman–Crippen MR) is 80.4 cm³/mol. The Kier molecular flexibility index (Phi) is 4.04. The highest BCUT2D eigenvalue weighted by atomic mass is 16.2. The van der Waals surface area contributed by atoms with Crippen LogP contribution in [0, 0.1) is 0 Å². The Morgan fingerprint density at radius 3 is 2.65 bits per heavy atom. The van der Waals surface area contributed by atoms with Crippen molar-refractivity contribution in [2.45, 2.75) is 76.5 Å². The van der Waals surface area contributed by atoms with Crippen LogP contribution in [0.3, 0.4) is 0 Å². The molecule has 0 radical (unpaired) electrons. The maximum Gasteiger partial charge on any atom is 0.244 e. The Bertz CT molecular complexity index is 365. The molecule has 3 fully saturated rings. The summed E-state index contributed by atoms with van der Waals surface area (Å²) in [7, 11) is 0. The Balaban J connectivity index is 1.72. The van der Waals surface area contributed by atoms with E-state index in [0.717, 1.165) is 32.4 Å². The first-order valence-electron chi connectivity index (χ1n) is 8.53. The fraction of sp³-hybridized carbons (Fsp3) is 0.938. The summed E-state index contributed by atoms with van der Waals surface area (Å²) in [4.78, 5) is 17.6. The van der Waals surface area contributed by atoms with Crippen LogP contribution in [0.4, 0.5) is 0 Å². The zero-order valence-electron chi connectivity index (χ0n) is 13.0. The van der Waals surface area contributed by atoms with Crippen molar-refractivity contribution >= 4 is 5.91 Å². The Hall–Kier alpha value is -0.610. The fourth-order valence-electron chi connectivity index (χ4n) is 4.49. The van der Waals surface area contributed by atoms with Crippen molar-refractivity contribution in [1.82, 2.24) is 15.1 Å². The average Bonchev–Trinajstić information content (AvgIpc) is 3.16. The molecule has 0 aromatic heterocycles. The molecule has 1 spiro atoms. The van der Waals surface area contributed by atoms with Crippen LogP contribution in [0.25, 0.3) is 0 Å². The van der Waals surface area contributed by atoms with Gasteiger partial charge in [-0.2, -0.15) is 0 Å². The summed E-state index contributed by atoms with van der Waals surface area (Å²) in [5.74, 6) is 0.393. The molecular formula is C16H29N3O. The third-order valence-corrected chi connectivity index (χ3v) is 5.65. The monoisotopic (exact) mass is 279 g/mol.